The minimum atomic E-state index is 0.676. The fraction of sp³-hybridized carbons (Fsp3) is 0.333. The van der Waals surface area contributed by atoms with Crippen LogP contribution in [0.25, 0.3) is 0 Å². The van der Waals surface area contributed by atoms with Crippen LogP contribution < -0.4 is 9.47 Å². The maximum absolute atomic E-state index is 5.78. The minimum Gasteiger partial charge on any atom is -0.493 e. The van der Waals surface area contributed by atoms with Crippen LogP contribution in [0, 0.1) is 20.8 Å². The van der Waals surface area contributed by atoms with Crippen molar-refractivity contribution < 1.29 is 9.47 Å². The molecule has 0 fully saturated rings. The zero-order valence-corrected chi connectivity index (χ0v) is 12.5. The van der Waals surface area contributed by atoms with Crippen LogP contribution in [0.5, 0.6) is 11.5 Å². The largest absolute Gasteiger partial charge is 0.493 e. The van der Waals surface area contributed by atoms with Gasteiger partial charge in [0, 0.05) is 6.42 Å². The normalized spacial score (nSPS) is 10.3. The fourth-order valence-corrected chi connectivity index (χ4v) is 2.10. The van der Waals surface area contributed by atoms with Crippen LogP contribution in [0.2, 0.25) is 0 Å². The number of hydrogen-bond acceptors (Lipinski definition) is 2. The molecule has 0 aliphatic heterocycles. The number of aryl methyl sites for hydroxylation is 3. The van der Waals surface area contributed by atoms with Gasteiger partial charge >= 0.3 is 0 Å². The average Bonchev–Trinajstić information content (AvgIpc) is 2.42. The van der Waals surface area contributed by atoms with Gasteiger partial charge in [-0.25, -0.2) is 0 Å². The molecule has 0 atom stereocenters. The molecule has 2 aromatic rings. The molecule has 0 radical (unpaired) electrons. The lowest BCUT2D eigenvalue weighted by atomic mass is 10.1. The van der Waals surface area contributed by atoms with Gasteiger partial charge < -0.3 is 9.47 Å². The van der Waals surface area contributed by atoms with E-state index in [-0.39, 0.29) is 0 Å². The summed E-state index contributed by atoms with van der Waals surface area (Å²) in [5.41, 5.74) is 3.62. The Hall–Kier alpha value is -1.96. The summed E-state index contributed by atoms with van der Waals surface area (Å²) in [6, 6.07) is 14.3. The molecule has 0 saturated heterocycles. The maximum atomic E-state index is 5.78. The van der Waals surface area contributed by atoms with E-state index in [4.69, 9.17) is 9.47 Å². The Bertz CT molecular complexity index is 561. The molecule has 0 unspecified atom stereocenters. The molecule has 0 bridgehead atoms. The van der Waals surface area contributed by atoms with Gasteiger partial charge in [0.2, 0.25) is 0 Å². The summed E-state index contributed by atoms with van der Waals surface area (Å²) in [6.07, 6.45) is 0.877. The Morgan fingerprint density at radius 1 is 0.750 bits per heavy atom. The van der Waals surface area contributed by atoms with Crippen LogP contribution in [0.1, 0.15) is 23.1 Å². The van der Waals surface area contributed by atoms with Crippen LogP contribution >= 0.6 is 0 Å². The molecule has 2 aromatic carbocycles. The summed E-state index contributed by atoms with van der Waals surface area (Å²) in [5.74, 6) is 1.92. The molecule has 2 nitrogen and oxygen atoms in total. The Morgan fingerprint density at radius 3 is 2.05 bits per heavy atom. The Labute approximate surface area is 121 Å². The second-order valence-corrected chi connectivity index (χ2v) is 5.08. The van der Waals surface area contributed by atoms with Crippen molar-refractivity contribution >= 4 is 0 Å². The second-order valence-electron chi connectivity index (χ2n) is 5.08. The van der Waals surface area contributed by atoms with E-state index in [9.17, 15) is 0 Å². The molecule has 0 N–H and O–H groups in total. The van der Waals surface area contributed by atoms with Crippen LogP contribution in [-0.2, 0) is 0 Å². The monoisotopic (exact) mass is 270 g/mol. The number of benzene rings is 2. The van der Waals surface area contributed by atoms with Crippen molar-refractivity contribution in [1.29, 1.82) is 0 Å². The van der Waals surface area contributed by atoms with Gasteiger partial charge in [-0.1, -0.05) is 35.9 Å². The molecule has 0 aromatic heterocycles. The van der Waals surface area contributed by atoms with Gasteiger partial charge in [0.1, 0.15) is 11.5 Å². The molecule has 0 aliphatic carbocycles. The lowest BCUT2D eigenvalue weighted by Crippen LogP contribution is -2.06. The van der Waals surface area contributed by atoms with Crippen LogP contribution in [-0.4, -0.2) is 13.2 Å². The molecular weight excluding hydrogens is 248 g/mol. The van der Waals surface area contributed by atoms with Gasteiger partial charge in [0.05, 0.1) is 13.2 Å². The Kier molecular flexibility index (Phi) is 5.05. The summed E-state index contributed by atoms with van der Waals surface area (Å²) >= 11 is 0. The number of rotatable bonds is 6. The molecule has 0 aliphatic rings. The first-order valence-electron chi connectivity index (χ1n) is 7.05. The molecule has 0 amide bonds. The van der Waals surface area contributed by atoms with E-state index in [0.29, 0.717) is 13.2 Å². The van der Waals surface area contributed by atoms with Crippen LogP contribution in [0.4, 0.5) is 0 Å². The fourth-order valence-electron chi connectivity index (χ4n) is 2.10. The third kappa shape index (κ3) is 4.02. The van der Waals surface area contributed by atoms with Gasteiger partial charge in [-0.2, -0.15) is 0 Å². The highest BCUT2D eigenvalue weighted by Crippen LogP contribution is 2.19. The van der Waals surface area contributed by atoms with E-state index < -0.39 is 0 Å². The number of hydrogen-bond donors (Lipinski definition) is 0. The van der Waals surface area contributed by atoms with Crippen molar-refractivity contribution in [2.75, 3.05) is 13.2 Å². The summed E-state index contributed by atoms with van der Waals surface area (Å²) in [6.45, 7) is 7.58. The summed E-state index contributed by atoms with van der Waals surface area (Å²) < 4.78 is 11.5. The second kappa shape index (κ2) is 6.99. The first kappa shape index (κ1) is 14.4. The first-order valence-corrected chi connectivity index (χ1v) is 7.05. The first-order chi connectivity index (χ1) is 9.66. The van der Waals surface area contributed by atoms with Crippen LogP contribution in [0.15, 0.2) is 42.5 Å². The van der Waals surface area contributed by atoms with E-state index in [1.54, 1.807) is 0 Å². The van der Waals surface area contributed by atoms with Gasteiger partial charge in [-0.15, -0.1) is 0 Å². The van der Waals surface area contributed by atoms with E-state index >= 15 is 0 Å². The van der Waals surface area contributed by atoms with Gasteiger partial charge in [0.15, 0.2) is 0 Å². The quantitative estimate of drug-likeness (QED) is 0.721. The smallest absolute Gasteiger partial charge is 0.122 e. The lowest BCUT2D eigenvalue weighted by molar-refractivity contribution is 0.246. The lowest BCUT2D eigenvalue weighted by Gasteiger charge is -2.11. The highest BCUT2D eigenvalue weighted by Gasteiger charge is 2.00. The molecule has 2 rings (SSSR count). The third-order valence-electron chi connectivity index (χ3n) is 3.23. The van der Waals surface area contributed by atoms with Gasteiger partial charge in [-0.3, -0.25) is 0 Å². The van der Waals surface area contributed by atoms with E-state index in [2.05, 4.69) is 39.0 Å². The maximum Gasteiger partial charge on any atom is 0.122 e. The molecule has 0 spiro atoms. The van der Waals surface area contributed by atoms with E-state index in [0.717, 1.165) is 17.9 Å². The van der Waals surface area contributed by atoms with E-state index in [1.165, 1.54) is 16.7 Å². The van der Waals surface area contributed by atoms with Crippen LogP contribution in [0.3, 0.4) is 0 Å². The average molecular weight is 270 g/mol. The predicted octanol–water partition coefficient (Wildman–Crippen LogP) is 4.46. The summed E-state index contributed by atoms with van der Waals surface area (Å²) in [4.78, 5) is 0. The molecule has 0 saturated carbocycles. The molecule has 2 heteroatoms. The van der Waals surface area contributed by atoms with Crippen molar-refractivity contribution in [1.82, 2.24) is 0 Å². The Balaban J connectivity index is 1.73. The SMILES string of the molecule is Cc1ccc(OCCCOc2ccccc2C)c(C)c1. The minimum absolute atomic E-state index is 0.676. The standard InChI is InChI=1S/C18H22O2/c1-14-9-10-18(16(3)13-14)20-12-6-11-19-17-8-5-4-7-15(17)2/h4-5,7-10,13H,6,11-12H2,1-3H3. The summed E-state index contributed by atoms with van der Waals surface area (Å²) in [7, 11) is 0. The topological polar surface area (TPSA) is 18.5 Å². The summed E-state index contributed by atoms with van der Waals surface area (Å²) in [5, 5.41) is 0. The van der Waals surface area contributed by atoms with Crippen molar-refractivity contribution in [2.45, 2.75) is 27.2 Å². The highest BCUT2D eigenvalue weighted by atomic mass is 16.5. The molecular formula is C18H22O2. The molecule has 20 heavy (non-hydrogen) atoms. The zero-order valence-electron chi connectivity index (χ0n) is 12.5. The predicted molar refractivity (Wildman–Crippen MR) is 82.7 cm³/mol. The van der Waals surface area contributed by atoms with Gasteiger partial charge in [-0.05, 0) is 44.0 Å². The van der Waals surface area contributed by atoms with Crippen molar-refractivity contribution in [2.24, 2.45) is 0 Å². The third-order valence-corrected chi connectivity index (χ3v) is 3.23. The Morgan fingerprint density at radius 2 is 1.40 bits per heavy atom. The number of para-hydroxylation sites is 1. The van der Waals surface area contributed by atoms with Gasteiger partial charge in [0.25, 0.3) is 0 Å². The van der Waals surface area contributed by atoms with Crippen molar-refractivity contribution in [3.8, 4) is 11.5 Å². The number of ether oxygens (including phenoxy) is 2. The van der Waals surface area contributed by atoms with Crippen molar-refractivity contribution in [3.63, 3.8) is 0 Å². The molecule has 0 heterocycles. The highest BCUT2D eigenvalue weighted by molar-refractivity contribution is 5.35. The zero-order chi connectivity index (χ0) is 14.4. The van der Waals surface area contributed by atoms with E-state index in [1.807, 2.05) is 24.3 Å². The molecule has 106 valence electrons. The van der Waals surface area contributed by atoms with Crippen molar-refractivity contribution in [3.05, 3.63) is 59.2 Å².